The highest BCUT2D eigenvalue weighted by molar-refractivity contribution is 9.10. The van der Waals surface area contributed by atoms with E-state index in [9.17, 15) is 4.79 Å². The number of aromatic nitrogens is 1. The van der Waals surface area contributed by atoms with Crippen molar-refractivity contribution in [1.29, 1.82) is 0 Å². The first-order valence-corrected chi connectivity index (χ1v) is 6.51. The van der Waals surface area contributed by atoms with Crippen molar-refractivity contribution in [3.8, 4) is 5.75 Å². The third-order valence-corrected chi connectivity index (χ3v) is 3.05. The van der Waals surface area contributed by atoms with E-state index in [0.717, 1.165) is 11.3 Å². The topological polar surface area (TPSA) is 51.2 Å². The maximum Gasteiger partial charge on any atom is 0.253 e. The van der Waals surface area contributed by atoms with Crippen molar-refractivity contribution < 1.29 is 9.53 Å². The lowest BCUT2D eigenvalue weighted by Crippen LogP contribution is -2.22. The zero-order chi connectivity index (χ0) is 13.7. The number of pyridine rings is 1. The lowest BCUT2D eigenvalue weighted by atomic mass is 10.2. The molecule has 98 valence electrons. The number of amides is 1. The number of rotatable bonds is 4. The van der Waals surface area contributed by atoms with Crippen molar-refractivity contribution in [2.75, 3.05) is 7.11 Å². The fraction of sp³-hybridized carbons (Fsp3) is 0.143. The van der Waals surface area contributed by atoms with Gasteiger partial charge in [-0.1, -0.05) is 12.1 Å². The van der Waals surface area contributed by atoms with Gasteiger partial charge in [-0.25, -0.2) is 4.98 Å². The molecule has 5 heteroatoms. The Labute approximate surface area is 119 Å². The summed E-state index contributed by atoms with van der Waals surface area (Å²) in [6.45, 7) is 0.450. The van der Waals surface area contributed by atoms with Gasteiger partial charge in [0.15, 0.2) is 0 Å². The molecule has 0 spiro atoms. The van der Waals surface area contributed by atoms with E-state index in [2.05, 4.69) is 26.2 Å². The van der Waals surface area contributed by atoms with Crippen LogP contribution in [0.1, 0.15) is 15.9 Å². The van der Waals surface area contributed by atoms with Crippen LogP contribution in [0.25, 0.3) is 0 Å². The van der Waals surface area contributed by atoms with E-state index in [1.807, 2.05) is 24.3 Å². The minimum atomic E-state index is -0.150. The Hall–Kier alpha value is -1.88. The van der Waals surface area contributed by atoms with Gasteiger partial charge in [-0.15, -0.1) is 0 Å². The normalized spacial score (nSPS) is 10.0. The van der Waals surface area contributed by atoms with E-state index < -0.39 is 0 Å². The van der Waals surface area contributed by atoms with Crippen molar-refractivity contribution >= 4 is 21.8 Å². The maximum atomic E-state index is 11.9. The molecule has 1 aromatic carbocycles. The Bertz CT molecular complexity index is 570. The predicted octanol–water partition coefficient (Wildman–Crippen LogP) is 2.78. The van der Waals surface area contributed by atoms with Crippen LogP contribution in [0, 0.1) is 0 Å². The smallest absolute Gasteiger partial charge is 0.253 e. The molecular formula is C14H13BrN2O2. The molecule has 0 aliphatic heterocycles. The molecule has 0 fully saturated rings. The van der Waals surface area contributed by atoms with Crippen LogP contribution >= 0.6 is 15.9 Å². The minimum absolute atomic E-state index is 0.150. The number of halogens is 1. The molecule has 1 heterocycles. The quantitative estimate of drug-likeness (QED) is 0.881. The summed E-state index contributed by atoms with van der Waals surface area (Å²) in [6.07, 6.45) is 1.53. The van der Waals surface area contributed by atoms with Crippen LogP contribution in [0.2, 0.25) is 0 Å². The Kier molecular flexibility index (Phi) is 4.52. The van der Waals surface area contributed by atoms with Crippen LogP contribution in [0.3, 0.4) is 0 Å². The highest BCUT2D eigenvalue weighted by Gasteiger charge is 2.05. The third kappa shape index (κ3) is 3.79. The van der Waals surface area contributed by atoms with Crippen molar-refractivity contribution in [1.82, 2.24) is 10.3 Å². The molecule has 2 aromatic rings. The van der Waals surface area contributed by atoms with Gasteiger partial charge in [-0.05, 0) is 45.8 Å². The second-order valence-electron chi connectivity index (χ2n) is 3.90. The first kappa shape index (κ1) is 13.5. The van der Waals surface area contributed by atoms with Crippen LogP contribution in [0.4, 0.5) is 0 Å². The van der Waals surface area contributed by atoms with E-state index in [4.69, 9.17) is 4.74 Å². The standard InChI is InChI=1S/C14H13BrN2O2/c1-19-12-4-2-3-10(7-12)8-17-14(18)11-5-6-13(15)16-9-11/h2-7,9H,8H2,1H3,(H,17,18). The molecule has 1 N–H and O–H groups in total. The van der Waals surface area contributed by atoms with Crippen LogP contribution in [-0.4, -0.2) is 18.0 Å². The average Bonchev–Trinajstić information content (AvgIpc) is 2.46. The Balaban J connectivity index is 1.98. The number of carbonyl (C=O) groups is 1. The first-order valence-electron chi connectivity index (χ1n) is 5.72. The average molecular weight is 321 g/mol. The Morgan fingerprint density at radius 3 is 2.89 bits per heavy atom. The van der Waals surface area contributed by atoms with Gasteiger partial charge in [-0.2, -0.15) is 0 Å². The van der Waals surface area contributed by atoms with Crippen molar-refractivity contribution in [3.63, 3.8) is 0 Å². The highest BCUT2D eigenvalue weighted by Crippen LogP contribution is 2.12. The van der Waals surface area contributed by atoms with E-state index >= 15 is 0 Å². The fourth-order valence-electron chi connectivity index (χ4n) is 1.58. The zero-order valence-corrected chi connectivity index (χ0v) is 12.0. The van der Waals surface area contributed by atoms with Gasteiger partial charge in [0.1, 0.15) is 10.4 Å². The maximum absolute atomic E-state index is 11.9. The number of benzene rings is 1. The Morgan fingerprint density at radius 2 is 2.21 bits per heavy atom. The predicted molar refractivity (Wildman–Crippen MR) is 76.1 cm³/mol. The molecule has 0 bridgehead atoms. The lowest BCUT2D eigenvalue weighted by Gasteiger charge is -2.06. The van der Waals surface area contributed by atoms with Crippen molar-refractivity contribution in [2.24, 2.45) is 0 Å². The summed E-state index contributed by atoms with van der Waals surface area (Å²) in [5.41, 5.74) is 1.52. The summed E-state index contributed by atoms with van der Waals surface area (Å²) in [5, 5.41) is 2.84. The van der Waals surface area contributed by atoms with Gasteiger partial charge in [-0.3, -0.25) is 4.79 Å². The molecule has 0 radical (unpaired) electrons. The third-order valence-electron chi connectivity index (χ3n) is 2.58. The van der Waals surface area contributed by atoms with E-state index in [1.54, 1.807) is 19.2 Å². The van der Waals surface area contributed by atoms with Gasteiger partial charge in [0.25, 0.3) is 5.91 Å². The lowest BCUT2D eigenvalue weighted by molar-refractivity contribution is 0.0950. The van der Waals surface area contributed by atoms with Gasteiger partial charge in [0.05, 0.1) is 12.7 Å². The zero-order valence-electron chi connectivity index (χ0n) is 10.4. The molecule has 0 saturated carbocycles. The number of nitrogens with one attached hydrogen (secondary N) is 1. The van der Waals surface area contributed by atoms with Gasteiger partial charge < -0.3 is 10.1 Å². The molecule has 19 heavy (non-hydrogen) atoms. The number of carbonyl (C=O) groups excluding carboxylic acids is 1. The number of ether oxygens (including phenoxy) is 1. The van der Waals surface area contributed by atoms with Gasteiger partial charge in [0, 0.05) is 12.7 Å². The SMILES string of the molecule is COc1cccc(CNC(=O)c2ccc(Br)nc2)c1. The van der Waals surface area contributed by atoms with Crippen LogP contribution in [0.5, 0.6) is 5.75 Å². The Morgan fingerprint density at radius 1 is 1.37 bits per heavy atom. The molecule has 2 rings (SSSR count). The van der Waals surface area contributed by atoms with E-state index in [0.29, 0.717) is 16.7 Å². The fourth-order valence-corrected chi connectivity index (χ4v) is 1.81. The van der Waals surface area contributed by atoms with Crippen LogP contribution < -0.4 is 10.1 Å². The molecule has 4 nitrogen and oxygen atoms in total. The second kappa shape index (κ2) is 6.33. The summed E-state index contributed by atoms with van der Waals surface area (Å²) < 4.78 is 5.84. The summed E-state index contributed by atoms with van der Waals surface area (Å²) in [5.74, 6) is 0.625. The second-order valence-corrected chi connectivity index (χ2v) is 4.72. The molecule has 0 unspecified atom stereocenters. The largest absolute Gasteiger partial charge is 0.497 e. The molecule has 0 atom stereocenters. The first-order chi connectivity index (χ1) is 9.19. The van der Waals surface area contributed by atoms with E-state index in [1.165, 1.54) is 6.20 Å². The summed E-state index contributed by atoms with van der Waals surface area (Å²) in [6, 6.07) is 11.0. The van der Waals surface area contributed by atoms with Gasteiger partial charge in [0.2, 0.25) is 0 Å². The van der Waals surface area contributed by atoms with Crippen molar-refractivity contribution in [3.05, 3.63) is 58.3 Å². The number of methoxy groups -OCH3 is 1. The van der Waals surface area contributed by atoms with Crippen molar-refractivity contribution in [2.45, 2.75) is 6.54 Å². The monoisotopic (exact) mass is 320 g/mol. The molecule has 0 saturated heterocycles. The molecular weight excluding hydrogens is 308 g/mol. The number of hydrogen-bond acceptors (Lipinski definition) is 3. The number of hydrogen-bond donors (Lipinski definition) is 1. The van der Waals surface area contributed by atoms with Crippen LogP contribution in [0.15, 0.2) is 47.2 Å². The van der Waals surface area contributed by atoms with Crippen LogP contribution in [-0.2, 0) is 6.54 Å². The summed E-state index contributed by atoms with van der Waals surface area (Å²) >= 11 is 3.23. The molecule has 1 aromatic heterocycles. The minimum Gasteiger partial charge on any atom is -0.497 e. The molecule has 0 aliphatic carbocycles. The molecule has 1 amide bonds. The summed E-state index contributed by atoms with van der Waals surface area (Å²) in [7, 11) is 1.62. The van der Waals surface area contributed by atoms with E-state index in [-0.39, 0.29) is 5.91 Å². The number of nitrogens with zero attached hydrogens (tertiary/aromatic N) is 1. The van der Waals surface area contributed by atoms with Gasteiger partial charge >= 0.3 is 0 Å². The molecule has 0 aliphatic rings. The summed E-state index contributed by atoms with van der Waals surface area (Å²) in [4.78, 5) is 15.9. The highest BCUT2D eigenvalue weighted by atomic mass is 79.9.